The molecule has 1 heterocycles. The average molecular weight is 293 g/mol. The van der Waals surface area contributed by atoms with Crippen molar-refractivity contribution in [2.75, 3.05) is 33.8 Å². The maximum Gasteiger partial charge on any atom is 0.321 e. The molecule has 2 amide bonds. The van der Waals surface area contributed by atoms with Crippen LogP contribution in [-0.4, -0.2) is 66.2 Å². The van der Waals surface area contributed by atoms with Crippen LogP contribution >= 0.6 is 15.9 Å². The van der Waals surface area contributed by atoms with E-state index in [0.717, 1.165) is 0 Å². The van der Waals surface area contributed by atoms with Crippen molar-refractivity contribution in [1.29, 1.82) is 0 Å². The summed E-state index contributed by atoms with van der Waals surface area (Å²) < 4.78 is 4.52. The van der Waals surface area contributed by atoms with Crippen molar-refractivity contribution < 1.29 is 19.1 Å². The van der Waals surface area contributed by atoms with Gasteiger partial charge in [0.05, 0.1) is 7.11 Å². The Morgan fingerprint density at radius 2 is 2.06 bits per heavy atom. The van der Waals surface area contributed by atoms with E-state index in [1.54, 1.807) is 7.05 Å². The van der Waals surface area contributed by atoms with Gasteiger partial charge in [0.15, 0.2) is 0 Å². The lowest BCUT2D eigenvalue weighted by Gasteiger charge is -2.32. The Morgan fingerprint density at radius 1 is 1.44 bits per heavy atom. The Morgan fingerprint density at radius 3 is 2.62 bits per heavy atom. The molecule has 1 aliphatic heterocycles. The van der Waals surface area contributed by atoms with Gasteiger partial charge in [0.25, 0.3) is 0 Å². The number of methoxy groups -OCH3 is 1. The molecule has 0 spiro atoms. The van der Waals surface area contributed by atoms with E-state index in [9.17, 15) is 14.4 Å². The van der Waals surface area contributed by atoms with Gasteiger partial charge in [0.1, 0.15) is 4.83 Å². The van der Waals surface area contributed by atoms with E-state index < -0.39 is 22.6 Å². The second-order valence-corrected chi connectivity index (χ2v) is 4.57. The number of amides is 2. The van der Waals surface area contributed by atoms with Crippen LogP contribution < -0.4 is 0 Å². The predicted octanol–water partition coefficient (Wildman–Crippen LogP) is -0.776. The molecule has 0 N–H and O–H groups in total. The van der Waals surface area contributed by atoms with E-state index in [-0.39, 0.29) is 6.54 Å². The van der Waals surface area contributed by atoms with Crippen molar-refractivity contribution in [2.24, 2.45) is 0 Å². The predicted molar refractivity (Wildman–Crippen MR) is 58.9 cm³/mol. The molecule has 1 rings (SSSR count). The van der Waals surface area contributed by atoms with E-state index in [1.807, 2.05) is 0 Å². The molecule has 0 aromatic heterocycles. The number of carbonyl (C=O) groups excluding carboxylic acids is 3. The van der Waals surface area contributed by atoms with Crippen molar-refractivity contribution in [1.82, 2.24) is 9.80 Å². The fraction of sp³-hybridized carbons (Fsp3) is 0.667. The molecular formula is C9H13BrN2O4. The first-order valence-electron chi connectivity index (χ1n) is 4.73. The number of rotatable bonds is 3. The number of piperazine rings is 1. The number of likely N-dealkylation sites (N-methyl/N-ethyl adjacent to an activating group) is 1. The Balaban J connectivity index is 2.59. The lowest BCUT2D eigenvalue weighted by atomic mass is 10.3. The summed E-state index contributed by atoms with van der Waals surface area (Å²) in [5, 5.41) is 0. The zero-order chi connectivity index (χ0) is 12.3. The summed E-state index contributed by atoms with van der Waals surface area (Å²) in [5.74, 6) is -1.59. The zero-order valence-electron chi connectivity index (χ0n) is 9.10. The Labute approximate surface area is 102 Å². The first kappa shape index (κ1) is 13.0. The van der Waals surface area contributed by atoms with Gasteiger partial charge in [-0.2, -0.15) is 0 Å². The van der Waals surface area contributed by atoms with E-state index in [0.29, 0.717) is 13.1 Å². The number of esters is 1. The van der Waals surface area contributed by atoms with Crippen LogP contribution in [0, 0.1) is 0 Å². The van der Waals surface area contributed by atoms with Gasteiger partial charge in [-0.25, -0.2) is 0 Å². The van der Waals surface area contributed by atoms with Gasteiger partial charge in [-0.1, -0.05) is 15.9 Å². The van der Waals surface area contributed by atoms with Gasteiger partial charge in [-0.15, -0.1) is 0 Å². The first-order valence-corrected chi connectivity index (χ1v) is 5.65. The van der Waals surface area contributed by atoms with Crippen LogP contribution in [0.15, 0.2) is 0 Å². The SMILES string of the molecule is COC(=O)C(Br)CN1CCN(C)C(=O)C1=O. The highest BCUT2D eigenvalue weighted by Gasteiger charge is 2.32. The average Bonchev–Trinajstić information content (AvgIpc) is 2.28. The Bertz CT molecular complexity index is 321. The van der Waals surface area contributed by atoms with E-state index in [2.05, 4.69) is 20.7 Å². The third-order valence-corrected chi connectivity index (χ3v) is 3.02. The summed E-state index contributed by atoms with van der Waals surface area (Å²) >= 11 is 3.11. The number of carbonyl (C=O) groups is 3. The van der Waals surface area contributed by atoms with Crippen LogP contribution in [0.4, 0.5) is 0 Å². The monoisotopic (exact) mass is 292 g/mol. The molecule has 1 unspecified atom stereocenters. The highest BCUT2D eigenvalue weighted by molar-refractivity contribution is 9.10. The summed E-state index contributed by atoms with van der Waals surface area (Å²) in [6.07, 6.45) is 0. The quantitative estimate of drug-likeness (QED) is 0.389. The van der Waals surface area contributed by atoms with Crippen LogP contribution in [0.2, 0.25) is 0 Å². The highest BCUT2D eigenvalue weighted by atomic mass is 79.9. The van der Waals surface area contributed by atoms with Crippen LogP contribution in [0.1, 0.15) is 0 Å². The molecule has 7 heteroatoms. The molecule has 16 heavy (non-hydrogen) atoms. The lowest BCUT2D eigenvalue weighted by Crippen LogP contribution is -2.54. The number of halogens is 1. The van der Waals surface area contributed by atoms with Crippen LogP contribution in [0.25, 0.3) is 0 Å². The molecule has 1 saturated heterocycles. The molecule has 0 bridgehead atoms. The van der Waals surface area contributed by atoms with E-state index in [1.165, 1.54) is 16.9 Å². The minimum atomic E-state index is -0.599. The molecule has 0 radical (unpaired) electrons. The molecule has 1 atom stereocenters. The van der Waals surface area contributed by atoms with Crippen molar-refractivity contribution in [3.63, 3.8) is 0 Å². The van der Waals surface area contributed by atoms with Gasteiger partial charge in [-0.3, -0.25) is 14.4 Å². The van der Waals surface area contributed by atoms with Gasteiger partial charge in [0.2, 0.25) is 0 Å². The summed E-state index contributed by atoms with van der Waals surface area (Å²) in [7, 11) is 2.84. The smallest absolute Gasteiger partial charge is 0.321 e. The summed E-state index contributed by atoms with van der Waals surface area (Å²) in [5.41, 5.74) is 0. The fourth-order valence-electron chi connectivity index (χ4n) is 1.34. The van der Waals surface area contributed by atoms with Crippen LogP contribution in [0.5, 0.6) is 0 Å². The largest absolute Gasteiger partial charge is 0.468 e. The molecule has 0 aliphatic carbocycles. The number of nitrogens with zero attached hydrogens (tertiary/aromatic N) is 2. The van der Waals surface area contributed by atoms with Crippen molar-refractivity contribution in [3.05, 3.63) is 0 Å². The minimum Gasteiger partial charge on any atom is -0.468 e. The molecule has 6 nitrogen and oxygen atoms in total. The third-order valence-electron chi connectivity index (χ3n) is 2.36. The number of hydrogen-bond donors (Lipinski definition) is 0. The topological polar surface area (TPSA) is 66.9 Å². The molecule has 0 saturated carbocycles. The maximum absolute atomic E-state index is 11.5. The molecule has 1 fully saturated rings. The Hall–Kier alpha value is -1.11. The van der Waals surface area contributed by atoms with E-state index >= 15 is 0 Å². The third kappa shape index (κ3) is 2.72. The molecule has 0 aromatic rings. The van der Waals surface area contributed by atoms with Crippen molar-refractivity contribution in [2.45, 2.75) is 4.83 Å². The van der Waals surface area contributed by atoms with Gasteiger partial charge in [-0.05, 0) is 0 Å². The normalized spacial score (nSPS) is 18.7. The first-order chi connectivity index (χ1) is 7.47. The molecule has 90 valence electrons. The Kier molecular flexibility index (Phi) is 4.28. The summed E-state index contributed by atoms with van der Waals surface area (Å²) in [4.78, 5) is 36.1. The molecule has 0 aromatic carbocycles. The van der Waals surface area contributed by atoms with Crippen LogP contribution in [-0.2, 0) is 19.1 Å². The number of hydrogen-bond acceptors (Lipinski definition) is 4. The van der Waals surface area contributed by atoms with E-state index in [4.69, 9.17) is 0 Å². The number of alkyl halides is 1. The summed E-state index contributed by atoms with van der Waals surface area (Å²) in [6, 6.07) is 0. The molecular weight excluding hydrogens is 280 g/mol. The van der Waals surface area contributed by atoms with Gasteiger partial charge in [0, 0.05) is 26.7 Å². The minimum absolute atomic E-state index is 0.144. The standard InChI is InChI=1S/C9H13BrN2O4/c1-11-3-4-12(8(14)7(11)13)5-6(10)9(15)16-2/h6H,3-5H2,1-2H3. The second-order valence-electron chi connectivity index (χ2n) is 3.47. The zero-order valence-corrected chi connectivity index (χ0v) is 10.7. The van der Waals surface area contributed by atoms with Crippen molar-refractivity contribution in [3.8, 4) is 0 Å². The number of ether oxygens (including phenoxy) is 1. The highest BCUT2D eigenvalue weighted by Crippen LogP contribution is 2.09. The van der Waals surface area contributed by atoms with Gasteiger partial charge >= 0.3 is 17.8 Å². The van der Waals surface area contributed by atoms with Gasteiger partial charge < -0.3 is 14.5 Å². The van der Waals surface area contributed by atoms with Crippen molar-refractivity contribution >= 4 is 33.7 Å². The maximum atomic E-state index is 11.5. The van der Waals surface area contributed by atoms with Crippen LogP contribution in [0.3, 0.4) is 0 Å². The lowest BCUT2D eigenvalue weighted by molar-refractivity contribution is -0.155. The fourth-order valence-corrected chi connectivity index (χ4v) is 1.88. The molecule has 1 aliphatic rings. The second kappa shape index (κ2) is 5.29. The summed E-state index contributed by atoms with van der Waals surface area (Å²) in [6.45, 7) is 1.05.